The molecule has 0 atom stereocenters. The van der Waals surface area contributed by atoms with Crippen LogP contribution in [0, 0.1) is 18.8 Å². The van der Waals surface area contributed by atoms with E-state index in [-0.39, 0.29) is 31.2 Å². The first-order chi connectivity index (χ1) is 8.61. The number of carbonyl (C=O) groups is 2. The number of carbonyl (C=O) groups excluding carboxylic acids is 2. The highest BCUT2D eigenvalue weighted by molar-refractivity contribution is 6.19. The number of aryl methyl sites for hydroxylation is 1. The van der Waals surface area contributed by atoms with Gasteiger partial charge in [-0.25, -0.2) is 0 Å². The number of nitrogens with two attached hydrogens (primary N) is 1. The molecule has 4 heteroatoms. The maximum Gasteiger partial charge on any atom is 0.234 e. The summed E-state index contributed by atoms with van der Waals surface area (Å²) in [5, 5.41) is 0. The van der Waals surface area contributed by atoms with Crippen molar-refractivity contribution in [1.82, 2.24) is 0 Å². The van der Waals surface area contributed by atoms with Crippen molar-refractivity contribution in [3.05, 3.63) is 29.3 Å². The van der Waals surface area contributed by atoms with Gasteiger partial charge in [0, 0.05) is 18.4 Å². The predicted octanol–water partition coefficient (Wildman–Crippen LogP) is 0.959. The van der Waals surface area contributed by atoms with E-state index in [1.54, 1.807) is 6.07 Å². The van der Waals surface area contributed by atoms with Crippen molar-refractivity contribution in [2.75, 3.05) is 11.4 Å². The van der Waals surface area contributed by atoms with Gasteiger partial charge in [0.25, 0.3) is 0 Å². The molecule has 1 aromatic carbocycles. The fourth-order valence-corrected chi connectivity index (χ4v) is 1.98. The van der Waals surface area contributed by atoms with Crippen LogP contribution in [0.2, 0.25) is 0 Å². The highest BCUT2D eigenvalue weighted by Gasteiger charge is 2.30. The molecule has 2 amide bonds. The van der Waals surface area contributed by atoms with E-state index in [1.807, 2.05) is 19.1 Å². The minimum absolute atomic E-state index is 0.150. The highest BCUT2D eigenvalue weighted by atomic mass is 16.2. The molecular formula is C14H14N2O2. The first-order valence-corrected chi connectivity index (χ1v) is 5.78. The molecule has 0 aliphatic carbocycles. The van der Waals surface area contributed by atoms with Crippen LogP contribution in [0.25, 0.3) is 0 Å². The van der Waals surface area contributed by atoms with E-state index in [2.05, 4.69) is 11.8 Å². The van der Waals surface area contributed by atoms with Gasteiger partial charge in [-0.05, 0) is 30.7 Å². The first-order valence-electron chi connectivity index (χ1n) is 5.78. The number of benzene rings is 1. The van der Waals surface area contributed by atoms with Crippen LogP contribution in [0.4, 0.5) is 5.69 Å². The Bertz CT molecular complexity index is 551. The average molecular weight is 242 g/mol. The van der Waals surface area contributed by atoms with E-state index in [0.717, 1.165) is 11.1 Å². The van der Waals surface area contributed by atoms with E-state index in [4.69, 9.17) is 5.73 Å². The Kier molecular flexibility index (Phi) is 3.45. The van der Waals surface area contributed by atoms with Crippen molar-refractivity contribution >= 4 is 17.5 Å². The van der Waals surface area contributed by atoms with Crippen LogP contribution in [-0.2, 0) is 9.59 Å². The van der Waals surface area contributed by atoms with Crippen LogP contribution >= 0.6 is 0 Å². The van der Waals surface area contributed by atoms with Crippen molar-refractivity contribution in [3.8, 4) is 11.8 Å². The summed E-state index contributed by atoms with van der Waals surface area (Å²) in [5.41, 5.74) is 7.65. The zero-order chi connectivity index (χ0) is 13.1. The Morgan fingerprint density at radius 1 is 1.22 bits per heavy atom. The molecule has 0 unspecified atom stereocenters. The lowest BCUT2D eigenvalue weighted by Crippen LogP contribution is -2.28. The van der Waals surface area contributed by atoms with Gasteiger partial charge in [0.1, 0.15) is 0 Å². The summed E-state index contributed by atoms with van der Waals surface area (Å²) in [4.78, 5) is 24.6. The molecule has 4 nitrogen and oxygen atoms in total. The molecule has 0 saturated carbocycles. The quantitative estimate of drug-likeness (QED) is 0.589. The minimum atomic E-state index is -0.150. The van der Waals surface area contributed by atoms with E-state index < -0.39 is 0 Å². The maximum atomic E-state index is 11.7. The summed E-state index contributed by atoms with van der Waals surface area (Å²) in [6.07, 6.45) is 0.577. The largest absolute Gasteiger partial charge is 0.320 e. The normalized spacial score (nSPS) is 14.7. The smallest absolute Gasteiger partial charge is 0.234 e. The topological polar surface area (TPSA) is 63.4 Å². The van der Waals surface area contributed by atoms with Gasteiger partial charge < -0.3 is 5.73 Å². The Balaban J connectivity index is 2.42. The molecule has 0 spiro atoms. The number of hydrogen-bond donors (Lipinski definition) is 1. The molecule has 2 N–H and O–H groups in total. The number of nitrogens with zero attached hydrogens (tertiary/aromatic N) is 1. The molecule has 0 radical (unpaired) electrons. The van der Waals surface area contributed by atoms with Crippen molar-refractivity contribution in [3.63, 3.8) is 0 Å². The van der Waals surface area contributed by atoms with Gasteiger partial charge in [-0.1, -0.05) is 11.8 Å². The van der Waals surface area contributed by atoms with E-state index in [1.165, 1.54) is 4.90 Å². The summed E-state index contributed by atoms with van der Waals surface area (Å²) in [6, 6.07) is 5.46. The number of anilines is 1. The molecule has 1 aliphatic rings. The fraction of sp³-hybridized carbons (Fsp3) is 0.286. The van der Waals surface area contributed by atoms with E-state index in [0.29, 0.717) is 5.69 Å². The first kappa shape index (κ1) is 12.3. The lowest BCUT2D eigenvalue weighted by Gasteiger charge is -2.14. The third-order valence-electron chi connectivity index (χ3n) is 2.71. The predicted molar refractivity (Wildman–Crippen MR) is 68.8 cm³/mol. The molecule has 1 aromatic rings. The molecular weight excluding hydrogens is 228 g/mol. The zero-order valence-electron chi connectivity index (χ0n) is 10.2. The van der Waals surface area contributed by atoms with Gasteiger partial charge in [-0.15, -0.1) is 0 Å². The Morgan fingerprint density at radius 3 is 2.50 bits per heavy atom. The molecule has 1 saturated heterocycles. The standard InChI is InChI=1S/C14H14N2O2/c1-10-7-11(3-2-6-15)9-12(8-10)16-13(17)4-5-14(16)18/h7-9H,4-6,15H2,1H3. The van der Waals surface area contributed by atoms with Crippen LogP contribution in [-0.4, -0.2) is 18.4 Å². The van der Waals surface area contributed by atoms with Crippen LogP contribution < -0.4 is 10.6 Å². The number of amides is 2. The SMILES string of the molecule is Cc1cc(C#CCN)cc(N2C(=O)CCC2=O)c1. The van der Waals surface area contributed by atoms with Crippen LogP contribution in [0.5, 0.6) is 0 Å². The van der Waals surface area contributed by atoms with Gasteiger partial charge in [-0.3, -0.25) is 14.5 Å². The summed E-state index contributed by atoms with van der Waals surface area (Å²) >= 11 is 0. The number of imide groups is 1. The third kappa shape index (κ3) is 2.41. The van der Waals surface area contributed by atoms with Gasteiger partial charge >= 0.3 is 0 Å². The molecule has 18 heavy (non-hydrogen) atoms. The molecule has 0 aromatic heterocycles. The molecule has 1 heterocycles. The summed E-state index contributed by atoms with van der Waals surface area (Å²) in [6.45, 7) is 2.19. The van der Waals surface area contributed by atoms with Gasteiger partial charge in [0.05, 0.1) is 12.2 Å². The van der Waals surface area contributed by atoms with Gasteiger partial charge in [-0.2, -0.15) is 0 Å². The zero-order valence-corrected chi connectivity index (χ0v) is 10.2. The van der Waals surface area contributed by atoms with E-state index >= 15 is 0 Å². The summed E-state index contributed by atoms with van der Waals surface area (Å²) in [5.74, 6) is 5.38. The van der Waals surface area contributed by atoms with Gasteiger partial charge in [0.15, 0.2) is 0 Å². The summed E-state index contributed by atoms with van der Waals surface area (Å²) in [7, 11) is 0. The molecule has 2 rings (SSSR count). The number of rotatable bonds is 1. The Morgan fingerprint density at radius 2 is 1.89 bits per heavy atom. The third-order valence-corrected chi connectivity index (χ3v) is 2.71. The van der Waals surface area contributed by atoms with Crippen molar-refractivity contribution in [2.45, 2.75) is 19.8 Å². The molecule has 1 fully saturated rings. The summed E-state index contributed by atoms with van der Waals surface area (Å²) < 4.78 is 0. The van der Waals surface area contributed by atoms with Crippen LogP contribution in [0.15, 0.2) is 18.2 Å². The van der Waals surface area contributed by atoms with Crippen molar-refractivity contribution < 1.29 is 9.59 Å². The molecule has 1 aliphatic heterocycles. The second-order valence-electron chi connectivity index (χ2n) is 4.19. The molecule has 92 valence electrons. The fourth-order valence-electron chi connectivity index (χ4n) is 1.98. The van der Waals surface area contributed by atoms with Crippen molar-refractivity contribution in [1.29, 1.82) is 0 Å². The Labute approximate surface area is 106 Å². The second kappa shape index (κ2) is 5.03. The average Bonchev–Trinajstić information content (AvgIpc) is 2.66. The maximum absolute atomic E-state index is 11.7. The van der Waals surface area contributed by atoms with E-state index in [9.17, 15) is 9.59 Å². The monoisotopic (exact) mass is 242 g/mol. The van der Waals surface area contributed by atoms with Gasteiger partial charge in [0.2, 0.25) is 11.8 Å². The van der Waals surface area contributed by atoms with Crippen LogP contribution in [0.1, 0.15) is 24.0 Å². The number of hydrogen-bond acceptors (Lipinski definition) is 3. The van der Waals surface area contributed by atoms with Crippen LogP contribution in [0.3, 0.4) is 0 Å². The minimum Gasteiger partial charge on any atom is -0.320 e. The van der Waals surface area contributed by atoms with Crippen molar-refractivity contribution in [2.24, 2.45) is 5.73 Å². The highest BCUT2D eigenvalue weighted by Crippen LogP contribution is 2.24. The lowest BCUT2D eigenvalue weighted by molar-refractivity contribution is -0.121. The lowest BCUT2D eigenvalue weighted by atomic mass is 10.1. The Hall–Kier alpha value is -2.12. The molecule has 0 bridgehead atoms. The second-order valence-corrected chi connectivity index (χ2v) is 4.19.